The fraction of sp³-hybridized carbons (Fsp3) is 0.250. The monoisotopic (exact) mass is 401 g/mol. The van der Waals surface area contributed by atoms with Crippen LogP contribution in [0.15, 0.2) is 47.0 Å². The number of nitrogens with zero attached hydrogens (tertiary/aromatic N) is 3. The second-order valence-corrected chi connectivity index (χ2v) is 6.88. The molecule has 1 aliphatic rings. The Morgan fingerprint density at radius 3 is 2.79 bits per heavy atom. The van der Waals surface area contributed by atoms with Gasteiger partial charge in [0.25, 0.3) is 5.91 Å². The smallest absolute Gasteiger partial charge is 0.254 e. The summed E-state index contributed by atoms with van der Waals surface area (Å²) in [4.78, 5) is 19.0. The number of hydrogen-bond acceptors (Lipinski definition) is 5. The van der Waals surface area contributed by atoms with Gasteiger partial charge in [-0.15, -0.1) is 0 Å². The second-order valence-electron chi connectivity index (χ2n) is 6.47. The van der Waals surface area contributed by atoms with E-state index in [9.17, 15) is 9.18 Å². The summed E-state index contributed by atoms with van der Waals surface area (Å²) < 4.78 is 24.0. The molecular weight excluding hydrogens is 385 g/mol. The van der Waals surface area contributed by atoms with Gasteiger partial charge in [-0.2, -0.15) is 4.98 Å². The summed E-state index contributed by atoms with van der Waals surface area (Å²) in [6.45, 7) is 0.554. The molecule has 4 rings (SSSR count). The molecule has 1 amide bonds. The highest BCUT2D eigenvalue weighted by molar-refractivity contribution is 6.31. The summed E-state index contributed by atoms with van der Waals surface area (Å²) in [5.41, 5.74) is 1.12. The molecule has 0 bridgehead atoms. The number of hydrogen-bond donors (Lipinski definition) is 0. The van der Waals surface area contributed by atoms with Gasteiger partial charge >= 0.3 is 0 Å². The van der Waals surface area contributed by atoms with E-state index in [4.69, 9.17) is 20.9 Å². The van der Waals surface area contributed by atoms with Crippen molar-refractivity contribution in [3.05, 3.63) is 64.8 Å². The van der Waals surface area contributed by atoms with Crippen molar-refractivity contribution < 1.29 is 18.4 Å². The third kappa shape index (κ3) is 3.45. The normalized spacial score (nSPS) is 16.4. The first-order valence-electron chi connectivity index (χ1n) is 8.81. The van der Waals surface area contributed by atoms with Crippen LogP contribution in [-0.2, 0) is 0 Å². The number of carbonyl (C=O) groups is 1. The maximum absolute atomic E-state index is 13.4. The summed E-state index contributed by atoms with van der Waals surface area (Å²) in [5.74, 6) is 0.760. The first-order valence-corrected chi connectivity index (χ1v) is 9.18. The SMILES string of the molecule is COc1ccc(-c2noc([C@@H]3CCCN3C(=O)c3ccc(F)c(Cl)c3)n2)cc1. The van der Waals surface area contributed by atoms with Crippen molar-refractivity contribution in [2.75, 3.05) is 13.7 Å². The molecule has 2 aromatic carbocycles. The molecule has 1 aliphatic heterocycles. The van der Waals surface area contributed by atoms with Gasteiger partial charge in [0.05, 0.1) is 12.1 Å². The Hall–Kier alpha value is -2.93. The summed E-state index contributed by atoms with van der Waals surface area (Å²) >= 11 is 5.82. The maximum Gasteiger partial charge on any atom is 0.254 e. The average molecular weight is 402 g/mol. The summed E-state index contributed by atoms with van der Waals surface area (Å²) in [7, 11) is 1.60. The molecule has 0 saturated carbocycles. The summed E-state index contributed by atoms with van der Waals surface area (Å²) in [5, 5.41) is 3.96. The zero-order valence-corrected chi connectivity index (χ0v) is 15.8. The molecule has 144 valence electrons. The number of likely N-dealkylation sites (tertiary alicyclic amines) is 1. The Bertz CT molecular complexity index is 1010. The summed E-state index contributed by atoms with van der Waals surface area (Å²) in [6, 6.07) is 10.9. The van der Waals surface area contributed by atoms with E-state index in [1.165, 1.54) is 18.2 Å². The van der Waals surface area contributed by atoms with E-state index in [0.717, 1.165) is 17.7 Å². The predicted octanol–water partition coefficient (Wildman–Crippen LogP) is 4.52. The molecule has 1 aromatic heterocycles. The van der Waals surface area contributed by atoms with Crippen molar-refractivity contribution in [2.24, 2.45) is 0 Å². The van der Waals surface area contributed by atoms with Crippen LogP contribution in [0.2, 0.25) is 5.02 Å². The molecule has 0 unspecified atom stereocenters. The Labute approximate surface area is 165 Å². The molecule has 2 heterocycles. The van der Waals surface area contributed by atoms with Gasteiger partial charge in [-0.1, -0.05) is 16.8 Å². The molecular formula is C20H17ClFN3O3. The lowest BCUT2D eigenvalue weighted by atomic mass is 10.1. The first kappa shape index (κ1) is 18.4. The van der Waals surface area contributed by atoms with E-state index in [1.807, 2.05) is 24.3 Å². The topological polar surface area (TPSA) is 68.5 Å². The van der Waals surface area contributed by atoms with Crippen LogP contribution in [0.4, 0.5) is 4.39 Å². The molecule has 1 saturated heterocycles. The van der Waals surface area contributed by atoms with E-state index in [0.29, 0.717) is 30.2 Å². The minimum absolute atomic E-state index is 0.0822. The van der Waals surface area contributed by atoms with Gasteiger partial charge in [0.1, 0.15) is 17.6 Å². The molecule has 0 radical (unpaired) electrons. The third-order valence-electron chi connectivity index (χ3n) is 4.76. The molecule has 6 nitrogen and oxygen atoms in total. The Kier molecular flexibility index (Phi) is 5.00. The molecule has 8 heteroatoms. The first-order chi connectivity index (χ1) is 13.6. The van der Waals surface area contributed by atoms with Crippen molar-refractivity contribution in [3.8, 4) is 17.1 Å². The minimum Gasteiger partial charge on any atom is -0.497 e. The fourth-order valence-corrected chi connectivity index (χ4v) is 3.47. The predicted molar refractivity (Wildman–Crippen MR) is 101 cm³/mol. The lowest BCUT2D eigenvalue weighted by Crippen LogP contribution is -2.30. The van der Waals surface area contributed by atoms with Gasteiger partial charge in [-0.3, -0.25) is 4.79 Å². The Morgan fingerprint density at radius 2 is 2.07 bits per heavy atom. The van der Waals surface area contributed by atoms with Crippen LogP contribution in [0.5, 0.6) is 5.75 Å². The molecule has 0 spiro atoms. The fourth-order valence-electron chi connectivity index (χ4n) is 3.29. The van der Waals surface area contributed by atoms with Gasteiger partial charge < -0.3 is 14.2 Å². The maximum atomic E-state index is 13.4. The number of ether oxygens (including phenoxy) is 1. The lowest BCUT2D eigenvalue weighted by molar-refractivity contribution is 0.0710. The van der Waals surface area contributed by atoms with Gasteiger partial charge in [-0.05, 0) is 55.3 Å². The van der Waals surface area contributed by atoms with Crippen LogP contribution in [0.3, 0.4) is 0 Å². The minimum atomic E-state index is -0.558. The highest BCUT2D eigenvalue weighted by atomic mass is 35.5. The molecule has 1 fully saturated rings. The third-order valence-corrected chi connectivity index (χ3v) is 5.04. The van der Waals surface area contributed by atoms with Crippen molar-refractivity contribution >= 4 is 17.5 Å². The van der Waals surface area contributed by atoms with Gasteiger partial charge in [0.2, 0.25) is 11.7 Å². The number of amides is 1. The van der Waals surface area contributed by atoms with Gasteiger partial charge in [0.15, 0.2) is 0 Å². The Balaban J connectivity index is 1.57. The Morgan fingerprint density at radius 1 is 1.29 bits per heavy atom. The molecule has 0 aliphatic carbocycles. The van der Waals surface area contributed by atoms with Gasteiger partial charge in [0, 0.05) is 17.7 Å². The van der Waals surface area contributed by atoms with Crippen molar-refractivity contribution in [2.45, 2.75) is 18.9 Å². The van der Waals surface area contributed by atoms with Crippen LogP contribution in [0.25, 0.3) is 11.4 Å². The van der Waals surface area contributed by atoms with Crippen LogP contribution >= 0.6 is 11.6 Å². The van der Waals surface area contributed by atoms with E-state index in [-0.39, 0.29) is 17.0 Å². The largest absolute Gasteiger partial charge is 0.497 e. The van der Waals surface area contributed by atoms with Crippen molar-refractivity contribution in [1.82, 2.24) is 15.0 Å². The lowest BCUT2D eigenvalue weighted by Gasteiger charge is -2.22. The van der Waals surface area contributed by atoms with Crippen molar-refractivity contribution in [1.29, 1.82) is 0 Å². The van der Waals surface area contributed by atoms with E-state index >= 15 is 0 Å². The van der Waals surface area contributed by atoms with Crippen molar-refractivity contribution in [3.63, 3.8) is 0 Å². The number of aromatic nitrogens is 2. The highest BCUT2D eigenvalue weighted by Gasteiger charge is 2.34. The van der Waals surface area contributed by atoms with Crippen LogP contribution in [0, 0.1) is 5.82 Å². The zero-order valence-electron chi connectivity index (χ0n) is 15.1. The van der Waals surface area contributed by atoms with Crippen LogP contribution in [0.1, 0.15) is 35.1 Å². The highest BCUT2D eigenvalue weighted by Crippen LogP contribution is 2.33. The molecule has 3 aromatic rings. The van der Waals surface area contributed by atoms with Gasteiger partial charge in [-0.25, -0.2) is 4.39 Å². The second kappa shape index (κ2) is 7.59. The number of carbonyl (C=O) groups excluding carboxylic acids is 1. The zero-order chi connectivity index (χ0) is 19.7. The standard InChI is InChI=1S/C20H17ClFN3O3/c1-27-14-7-4-12(5-8-14)18-23-19(28-24-18)17-3-2-10-25(17)20(26)13-6-9-16(22)15(21)11-13/h4-9,11,17H,2-3,10H2,1H3/t17-/m0/s1. The van der Waals surface area contributed by atoms with Crippen LogP contribution in [-0.4, -0.2) is 34.6 Å². The quantitative estimate of drug-likeness (QED) is 0.643. The number of benzene rings is 2. The number of rotatable bonds is 4. The van der Waals surface area contributed by atoms with E-state index in [1.54, 1.807) is 12.0 Å². The number of methoxy groups -OCH3 is 1. The van der Waals surface area contributed by atoms with Crippen LogP contribution < -0.4 is 4.74 Å². The van der Waals surface area contributed by atoms with E-state index < -0.39 is 5.82 Å². The molecule has 1 atom stereocenters. The van der Waals surface area contributed by atoms with E-state index in [2.05, 4.69) is 10.1 Å². The average Bonchev–Trinajstić information content (AvgIpc) is 3.39. The molecule has 28 heavy (non-hydrogen) atoms. The summed E-state index contributed by atoms with van der Waals surface area (Å²) in [6.07, 6.45) is 1.52. The molecule has 0 N–H and O–H groups in total. The number of halogens is 2.